The molecule has 3 unspecified atom stereocenters. The maximum Gasteiger partial charge on any atom is 0.223 e. The van der Waals surface area contributed by atoms with E-state index in [4.69, 9.17) is 17.3 Å². The second-order valence-electron chi connectivity index (χ2n) is 6.07. The van der Waals surface area contributed by atoms with E-state index in [9.17, 15) is 4.79 Å². The van der Waals surface area contributed by atoms with E-state index in [2.05, 4.69) is 5.32 Å². The number of carbonyl (C=O) groups excluding carboxylic acids is 1. The molecule has 0 spiro atoms. The number of amides is 1. The van der Waals surface area contributed by atoms with Crippen LogP contribution in [0, 0.1) is 5.92 Å². The highest BCUT2D eigenvalue weighted by Gasteiger charge is 2.29. The molecule has 0 aromatic heterocycles. The van der Waals surface area contributed by atoms with Gasteiger partial charge >= 0.3 is 0 Å². The molecular formula is C16H21ClN2O. The van der Waals surface area contributed by atoms with E-state index in [0.717, 1.165) is 43.5 Å². The molecule has 0 radical (unpaired) electrons. The smallest absolute Gasteiger partial charge is 0.223 e. The number of nitrogens with one attached hydrogen (secondary N) is 1. The van der Waals surface area contributed by atoms with Crippen molar-refractivity contribution in [3.05, 3.63) is 34.3 Å². The minimum Gasteiger partial charge on any atom is -0.349 e. The van der Waals surface area contributed by atoms with E-state index in [-0.39, 0.29) is 23.9 Å². The Labute approximate surface area is 124 Å². The summed E-state index contributed by atoms with van der Waals surface area (Å²) >= 11 is 6.01. The van der Waals surface area contributed by atoms with E-state index in [1.807, 2.05) is 18.2 Å². The zero-order valence-corrected chi connectivity index (χ0v) is 12.3. The highest BCUT2D eigenvalue weighted by Crippen LogP contribution is 2.33. The molecule has 1 amide bonds. The number of benzene rings is 1. The Balaban J connectivity index is 1.66. The van der Waals surface area contributed by atoms with Crippen LogP contribution in [0.1, 0.15) is 49.3 Å². The summed E-state index contributed by atoms with van der Waals surface area (Å²) in [5, 5.41) is 3.98. The van der Waals surface area contributed by atoms with Gasteiger partial charge in [0, 0.05) is 17.0 Å². The van der Waals surface area contributed by atoms with Crippen molar-refractivity contribution in [2.45, 2.75) is 50.6 Å². The average Bonchev–Trinajstić information content (AvgIpc) is 2.81. The van der Waals surface area contributed by atoms with Crippen LogP contribution in [-0.4, -0.2) is 11.9 Å². The van der Waals surface area contributed by atoms with E-state index in [1.165, 1.54) is 11.1 Å². The third kappa shape index (κ3) is 2.84. The quantitative estimate of drug-likeness (QED) is 0.880. The maximum absolute atomic E-state index is 12.4. The lowest BCUT2D eigenvalue weighted by Crippen LogP contribution is -2.38. The van der Waals surface area contributed by atoms with Crippen molar-refractivity contribution in [3.63, 3.8) is 0 Å². The van der Waals surface area contributed by atoms with Gasteiger partial charge in [0.15, 0.2) is 0 Å². The highest BCUT2D eigenvalue weighted by atomic mass is 35.5. The van der Waals surface area contributed by atoms with Crippen LogP contribution < -0.4 is 11.1 Å². The average molecular weight is 293 g/mol. The van der Waals surface area contributed by atoms with Gasteiger partial charge in [0.05, 0.1) is 6.04 Å². The van der Waals surface area contributed by atoms with Gasteiger partial charge in [0.1, 0.15) is 0 Å². The van der Waals surface area contributed by atoms with Crippen molar-refractivity contribution >= 4 is 17.5 Å². The van der Waals surface area contributed by atoms with Crippen LogP contribution in [0.5, 0.6) is 0 Å². The summed E-state index contributed by atoms with van der Waals surface area (Å²) in [6, 6.07) is 6.30. The maximum atomic E-state index is 12.4. The summed E-state index contributed by atoms with van der Waals surface area (Å²) < 4.78 is 0. The zero-order valence-electron chi connectivity index (χ0n) is 11.6. The first-order valence-electron chi connectivity index (χ1n) is 7.48. The van der Waals surface area contributed by atoms with Crippen LogP contribution in [0.3, 0.4) is 0 Å². The van der Waals surface area contributed by atoms with Crippen molar-refractivity contribution in [3.8, 4) is 0 Å². The molecule has 20 heavy (non-hydrogen) atoms. The number of halogens is 1. The minimum absolute atomic E-state index is 0.0927. The first-order valence-corrected chi connectivity index (χ1v) is 7.85. The first-order chi connectivity index (χ1) is 9.63. The summed E-state index contributed by atoms with van der Waals surface area (Å²) in [5.41, 5.74) is 8.46. The lowest BCUT2D eigenvalue weighted by Gasteiger charge is -2.27. The predicted octanol–water partition coefficient (Wildman–Crippen LogP) is 2.96. The van der Waals surface area contributed by atoms with Gasteiger partial charge in [0.25, 0.3) is 0 Å². The number of carbonyl (C=O) groups is 1. The monoisotopic (exact) mass is 292 g/mol. The summed E-state index contributed by atoms with van der Waals surface area (Å²) in [7, 11) is 0. The van der Waals surface area contributed by atoms with Crippen LogP contribution in [0.2, 0.25) is 5.02 Å². The molecule has 3 rings (SSSR count). The summed E-state index contributed by atoms with van der Waals surface area (Å²) in [4.78, 5) is 12.4. The largest absolute Gasteiger partial charge is 0.349 e. The zero-order chi connectivity index (χ0) is 14.1. The van der Waals surface area contributed by atoms with Gasteiger partial charge in [0.2, 0.25) is 5.91 Å². The van der Waals surface area contributed by atoms with Crippen molar-refractivity contribution in [1.82, 2.24) is 5.32 Å². The van der Waals surface area contributed by atoms with Gasteiger partial charge in [-0.05, 0) is 55.4 Å². The van der Waals surface area contributed by atoms with E-state index in [0.29, 0.717) is 0 Å². The van der Waals surface area contributed by atoms with Crippen LogP contribution >= 0.6 is 11.6 Å². The van der Waals surface area contributed by atoms with Gasteiger partial charge in [-0.3, -0.25) is 4.79 Å². The fourth-order valence-corrected chi connectivity index (χ4v) is 3.69. The van der Waals surface area contributed by atoms with Crippen molar-refractivity contribution in [2.24, 2.45) is 11.7 Å². The minimum atomic E-state index is 0.0927. The van der Waals surface area contributed by atoms with Crippen LogP contribution in [0.25, 0.3) is 0 Å². The fraction of sp³-hybridized carbons (Fsp3) is 0.562. The Morgan fingerprint density at radius 1 is 1.30 bits per heavy atom. The Bertz CT molecular complexity index is 517. The molecule has 108 valence electrons. The third-order valence-electron chi connectivity index (χ3n) is 4.58. The molecule has 0 bridgehead atoms. The number of aryl methyl sites for hydroxylation is 1. The number of hydrogen-bond donors (Lipinski definition) is 2. The third-order valence-corrected chi connectivity index (χ3v) is 4.82. The summed E-state index contributed by atoms with van der Waals surface area (Å²) in [5.74, 6) is 0.267. The number of rotatable bonds is 2. The van der Waals surface area contributed by atoms with Crippen LogP contribution in [0.4, 0.5) is 0 Å². The Kier molecular flexibility index (Phi) is 3.99. The van der Waals surface area contributed by atoms with Crippen molar-refractivity contribution < 1.29 is 4.79 Å². The second-order valence-corrected chi connectivity index (χ2v) is 6.50. The second kappa shape index (κ2) is 5.74. The topological polar surface area (TPSA) is 55.1 Å². The Hall–Kier alpha value is -1.06. The molecule has 2 aliphatic rings. The molecule has 1 fully saturated rings. The molecule has 1 saturated carbocycles. The highest BCUT2D eigenvalue weighted by molar-refractivity contribution is 6.30. The molecule has 1 aromatic rings. The molecule has 1 aromatic carbocycles. The Morgan fingerprint density at radius 3 is 2.95 bits per heavy atom. The molecule has 0 aliphatic heterocycles. The predicted molar refractivity (Wildman–Crippen MR) is 80.6 cm³/mol. The SMILES string of the molecule is NC1CCCC(C(=O)NC2CCc3cc(Cl)ccc32)C1. The molecule has 0 saturated heterocycles. The fourth-order valence-electron chi connectivity index (χ4n) is 3.49. The van der Waals surface area contributed by atoms with Crippen molar-refractivity contribution in [2.75, 3.05) is 0 Å². The van der Waals surface area contributed by atoms with E-state index in [1.54, 1.807) is 0 Å². The molecule has 4 heteroatoms. The van der Waals surface area contributed by atoms with Crippen molar-refractivity contribution in [1.29, 1.82) is 0 Å². The van der Waals surface area contributed by atoms with Gasteiger partial charge in [-0.25, -0.2) is 0 Å². The van der Waals surface area contributed by atoms with Gasteiger partial charge in [-0.2, -0.15) is 0 Å². The molecular weight excluding hydrogens is 272 g/mol. The summed E-state index contributed by atoms with van der Waals surface area (Å²) in [6.07, 6.45) is 5.88. The van der Waals surface area contributed by atoms with E-state index < -0.39 is 0 Å². The van der Waals surface area contributed by atoms with Crippen LogP contribution in [-0.2, 0) is 11.2 Å². The van der Waals surface area contributed by atoms with E-state index >= 15 is 0 Å². The molecule has 3 atom stereocenters. The lowest BCUT2D eigenvalue weighted by molar-refractivity contribution is -0.126. The number of fused-ring (bicyclic) bond motifs is 1. The molecule has 2 aliphatic carbocycles. The molecule has 3 nitrogen and oxygen atoms in total. The molecule has 3 N–H and O–H groups in total. The lowest BCUT2D eigenvalue weighted by atomic mass is 9.85. The Morgan fingerprint density at radius 2 is 2.15 bits per heavy atom. The van der Waals surface area contributed by atoms with Gasteiger partial charge in [-0.15, -0.1) is 0 Å². The van der Waals surface area contributed by atoms with Crippen LogP contribution in [0.15, 0.2) is 18.2 Å². The summed E-state index contributed by atoms with van der Waals surface area (Å²) in [6.45, 7) is 0. The first kappa shape index (κ1) is 13.9. The molecule has 0 heterocycles. The number of nitrogens with two attached hydrogens (primary N) is 1. The normalized spacial score (nSPS) is 29.0. The number of hydrogen-bond acceptors (Lipinski definition) is 2. The van der Waals surface area contributed by atoms with Gasteiger partial charge in [-0.1, -0.05) is 24.1 Å². The van der Waals surface area contributed by atoms with Gasteiger partial charge < -0.3 is 11.1 Å². The standard InChI is InChI=1S/C16H21ClN2O/c17-12-5-6-14-10(8-12)4-7-15(14)19-16(20)11-2-1-3-13(18)9-11/h5-6,8,11,13,15H,1-4,7,9,18H2,(H,19,20).